The number of nitrogens with one attached hydrogen (secondary N) is 3. The standard InChI is InChI=1S/C26H30N6O4S/c1-15(27-2)21(33)29-20(17-10-11-17)26(35)32-13-6-9-18(32)22(34)31-24-19(16-7-4-3-5-8-16)30-25(37-24)23-28-12-14-36-23/h3-5,7-8,12,14-15,17-18,20,27H,6,9-11,13H2,1-2H3,(H,29,33)(H,31,34)/t15-,18-,20-/m0/s1. The highest BCUT2D eigenvalue weighted by Crippen LogP contribution is 2.38. The molecule has 3 aromatic rings. The van der Waals surface area contributed by atoms with Gasteiger partial charge in [0.15, 0.2) is 5.01 Å². The lowest BCUT2D eigenvalue weighted by molar-refractivity contribution is -0.140. The lowest BCUT2D eigenvalue weighted by Gasteiger charge is -2.29. The summed E-state index contributed by atoms with van der Waals surface area (Å²) < 4.78 is 5.42. The molecule has 3 heterocycles. The third kappa shape index (κ3) is 5.42. The van der Waals surface area contributed by atoms with Gasteiger partial charge >= 0.3 is 0 Å². The minimum atomic E-state index is -0.622. The van der Waals surface area contributed by atoms with Gasteiger partial charge in [-0.15, -0.1) is 0 Å². The molecule has 0 spiro atoms. The predicted molar refractivity (Wildman–Crippen MR) is 140 cm³/mol. The van der Waals surface area contributed by atoms with Crippen molar-refractivity contribution in [3.05, 3.63) is 42.8 Å². The number of carbonyl (C=O) groups excluding carboxylic acids is 3. The highest BCUT2D eigenvalue weighted by atomic mass is 32.1. The van der Waals surface area contributed by atoms with E-state index in [9.17, 15) is 14.4 Å². The van der Waals surface area contributed by atoms with Gasteiger partial charge in [-0.2, -0.15) is 0 Å². The van der Waals surface area contributed by atoms with Crippen LogP contribution in [0.25, 0.3) is 22.2 Å². The number of likely N-dealkylation sites (tertiary alicyclic amines) is 1. The molecule has 1 saturated carbocycles. The van der Waals surface area contributed by atoms with Crippen LogP contribution in [-0.4, -0.2) is 64.3 Å². The molecule has 37 heavy (non-hydrogen) atoms. The van der Waals surface area contributed by atoms with Crippen molar-refractivity contribution in [1.29, 1.82) is 0 Å². The molecule has 2 aromatic heterocycles. The Kier molecular flexibility index (Phi) is 7.33. The number of anilines is 1. The van der Waals surface area contributed by atoms with E-state index in [0.29, 0.717) is 34.6 Å². The first-order chi connectivity index (χ1) is 18.0. The average molecular weight is 523 g/mol. The molecule has 0 unspecified atom stereocenters. The lowest BCUT2D eigenvalue weighted by Crippen LogP contribution is -2.55. The van der Waals surface area contributed by atoms with Gasteiger partial charge in [-0.3, -0.25) is 14.4 Å². The van der Waals surface area contributed by atoms with E-state index in [-0.39, 0.29) is 23.6 Å². The smallest absolute Gasteiger partial charge is 0.255 e. The van der Waals surface area contributed by atoms with Gasteiger partial charge in [0, 0.05) is 12.1 Å². The van der Waals surface area contributed by atoms with Crippen molar-refractivity contribution in [2.75, 3.05) is 18.9 Å². The monoisotopic (exact) mass is 522 g/mol. The Labute approximate surface area is 218 Å². The molecule has 5 rings (SSSR count). The van der Waals surface area contributed by atoms with E-state index in [1.54, 1.807) is 25.1 Å². The molecule has 0 bridgehead atoms. The fraction of sp³-hybridized carbons (Fsp3) is 0.423. The van der Waals surface area contributed by atoms with Crippen LogP contribution in [0.5, 0.6) is 0 Å². The zero-order valence-electron chi connectivity index (χ0n) is 20.8. The molecule has 2 fully saturated rings. The third-order valence-electron chi connectivity index (χ3n) is 6.85. The Morgan fingerprint density at radius 1 is 1.16 bits per heavy atom. The maximum Gasteiger partial charge on any atom is 0.255 e. The summed E-state index contributed by atoms with van der Waals surface area (Å²) in [5.74, 6) is -0.192. The van der Waals surface area contributed by atoms with Crippen LogP contribution in [0.4, 0.5) is 5.00 Å². The summed E-state index contributed by atoms with van der Waals surface area (Å²) in [7, 11) is 1.70. The van der Waals surface area contributed by atoms with Gasteiger partial charge < -0.3 is 25.3 Å². The van der Waals surface area contributed by atoms with Gasteiger partial charge in [-0.25, -0.2) is 9.97 Å². The van der Waals surface area contributed by atoms with Gasteiger partial charge in [-0.05, 0) is 45.6 Å². The number of amides is 3. The highest BCUT2D eigenvalue weighted by molar-refractivity contribution is 7.19. The van der Waals surface area contributed by atoms with Gasteiger partial charge in [0.1, 0.15) is 29.0 Å². The topological polar surface area (TPSA) is 129 Å². The number of hydrogen-bond acceptors (Lipinski definition) is 8. The van der Waals surface area contributed by atoms with E-state index >= 15 is 0 Å². The number of hydrogen-bond donors (Lipinski definition) is 3. The van der Waals surface area contributed by atoms with Crippen molar-refractivity contribution in [2.24, 2.45) is 5.92 Å². The van der Waals surface area contributed by atoms with E-state index in [4.69, 9.17) is 4.42 Å². The van der Waals surface area contributed by atoms with Gasteiger partial charge in [0.05, 0.1) is 12.2 Å². The van der Waals surface area contributed by atoms with Crippen LogP contribution in [-0.2, 0) is 14.4 Å². The highest BCUT2D eigenvalue weighted by Gasteiger charge is 2.44. The van der Waals surface area contributed by atoms with Gasteiger partial charge in [0.2, 0.25) is 17.7 Å². The number of oxazole rings is 1. The molecule has 11 heteroatoms. The van der Waals surface area contributed by atoms with Crippen molar-refractivity contribution in [3.8, 4) is 22.2 Å². The third-order valence-corrected chi connectivity index (χ3v) is 7.81. The zero-order chi connectivity index (χ0) is 25.9. The molecule has 1 aromatic carbocycles. The van der Waals surface area contributed by atoms with E-state index in [1.165, 1.54) is 17.6 Å². The van der Waals surface area contributed by atoms with Crippen molar-refractivity contribution in [1.82, 2.24) is 25.5 Å². The number of aromatic nitrogens is 2. The van der Waals surface area contributed by atoms with Crippen molar-refractivity contribution in [2.45, 2.75) is 50.7 Å². The number of thiazole rings is 1. The van der Waals surface area contributed by atoms with Crippen molar-refractivity contribution >= 4 is 34.1 Å². The van der Waals surface area contributed by atoms with E-state index in [0.717, 1.165) is 24.8 Å². The fourth-order valence-corrected chi connectivity index (χ4v) is 5.44. The number of rotatable bonds is 9. The van der Waals surface area contributed by atoms with Crippen LogP contribution in [0.1, 0.15) is 32.6 Å². The summed E-state index contributed by atoms with van der Waals surface area (Å²) >= 11 is 1.28. The first-order valence-electron chi connectivity index (χ1n) is 12.5. The summed E-state index contributed by atoms with van der Waals surface area (Å²) in [6, 6.07) is 7.92. The first-order valence-corrected chi connectivity index (χ1v) is 13.3. The molecule has 10 nitrogen and oxygen atoms in total. The summed E-state index contributed by atoms with van der Waals surface area (Å²) in [6.45, 7) is 2.23. The largest absolute Gasteiger partial charge is 0.443 e. The minimum Gasteiger partial charge on any atom is -0.443 e. The Morgan fingerprint density at radius 2 is 1.95 bits per heavy atom. The maximum absolute atomic E-state index is 13.6. The Bertz CT molecular complexity index is 1260. The maximum atomic E-state index is 13.6. The number of benzene rings is 1. The predicted octanol–water partition coefficient (Wildman–Crippen LogP) is 2.90. The van der Waals surface area contributed by atoms with E-state index < -0.39 is 18.1 Å². The molecular weight excluding hydrogens is 492 g/mol. The molecule has 1 aliphatic carbocycles. The van der Waals surface area contributed by atoms with Crippen LogP contribution in [0, 0.1) is 5.92 Å². The van der Waals surface area contributed by atoms with Crippen molar-refractivity contribution in [3.63, 3.8) is 0 Å². The van der Waals surface area contributed by atoms with E-state index in [2.05, 4.69) is 25.9 Å². The molecule has 3 amide bonds. The molecule has 194 valence electrons. The summed E-state index contributed by atoms with van der Waals surface area (Å²) in [6.07, 6.45) is 6.08. The Hall–Kier alpha value is -3.57. The summed E-state index contributed by atoms with van der Waals surface area (Å²) in [5, 5.41) is 9.97. The quantitative estimate of drug-likeness (QED) is 0.394. The second-order valence-electron chi connectivity index (χ2n) is 9.41. The molecule has 1 aliphatic heterocycles. The average Bonchev–Trinajstić information content (AvgIpc) is 3.30. The van der Waals surface area contributed by atoms with Crippen LogP contribution < -0.4 is 16.0 Å². The zero-order valence-corrected chi connectivity index (χ0v) is 21.6. The second-order valence-corrected chi connectivity index (χ2v) is 10.4. The SMILES string of the molecule is CN[C@@H](C)C(=O)N[C@H](C(=O)N1CCC[C@H]1C(=O)Nc1sc(-c2ncco2)nc1-c1ccccc1)C1CC1. The fourth-order valence-electron chi connectivity index (χ4n) is 4.51. The Balaban J connectivity index is 1.36. The van der Waals surface area contributed by atoms with Crippen LogP contribution in [0.15, 0.2) is 47.2 Å². The van der Waals surface area contributed by atoms with Gasteiger partial charge in [-0.1, -0.05) is 41.7 Å². The molecule has 3 atom stereocenters. The second kappa shape index (κ2) is 10.8. The van der Waals surface area contributed by atoms with Crippen LogP contribution in [0.3, 0.4) is 0 Å². The number of likely N-dealkylation sites (N-methyl/N-ethyl adjacent to an activating group) is 1. The molecule has 1 saturated heterocycles. The van der Waals surface area contributed by atoms with Gasteiger partial charge in [0.25, 0.3) is 5.89 Å². The van der Waals surface area contributed by atoms with Crippen molar-refractivity contribution < 1.29 is 18.8 Å². The van der Waals surface area contributed by atoms with E-state index in [1.807, 2.05) is 30.3 Å². The summed E-state index contributed by atoms with van der Waals surface area (Å²) in [5.41, 5.74) is 1.47. The minimum absolute atomic E-state index is 0.111. The first kappa shape index (κ1) is 25.1. The molecule has 0 radical (unpaired) electrons. The lowest BCUT2D eigenvalue weighted by atomic mass is 10.1. The number of nitrogens with zero attached hydrogens (tertiary/aromatic N) is 3. The van der Waals surface area contributed by atoms with Crippen LogP contribution >= 0.6 is 11.3 Å². The molecule has 3 N–H and O–H groups in total. The summed E-state index contributed by atoms with van der Waals surface area (Å²) in [4.78, 5) is 50.1. The normalized spacial score (nSPS) is 18.9. The molecule has 2 aliphatic rings. The Morgan fingerprint density at radius 3 is 2.62 bits per heavy atom. The van der Waals surface area contributed by atoms with Crippen LogP contribution in [0.2, 0.25) is 0 Å². The molecular formula is C26H30N6O4S. The number of carbonyl (C=O) groups is 3.